The van der Waals surface area contributed by atoms with Gasteiger partial charge in [0, 0.05) is 30.9 Å². The Balaban J connectivity index is 2.23. The van der Waals surface area contributed by atoms with Gasteiger partial charge < -0.3 is 5.32 Å². The third-order valence-electron chi connectivity index (χ3n) is 4.39. The van der Waals surface area contributed by atoms with E-state index in [0.29, 0.717) is 17.4 Å². The Morgan fingerprint density at radius 3 is 2.87 bits per heavy atom. The first-order chi connectivity index (χ1) is 7.13. The number of aryl methyl sites for hydroxylation is 1. The lowest BCUT2D eigenvalue weighted by molar-refractivity contribution is 0.0448. The highest BCUT2D eigenvalue weighted by molar-refractivity contribution is 5.21. The van der Waals surface area contributed by atoms with Crippen molar-refractivity contribution < 1.29 is 0 Å². The highest BCUT2D eigenvalue weighted by atomic mass is 15.3. The Morgan fingerprint density at radius 1 is 1.67 bits per heavy atom. The van der Waals surface area contributed by atoms with E-state index < -0.39 is 0 Å². The van der Waals surface area contributed by atoms with Gasteiger partial charge in [-0.15, -0.1) is 0 Å². The summed E-state index contributed by atoms with van der Waals surface area (Å²) in [7, 11) is 4.11. The average molecular weight is 207 g/mol. The molecule has 3 nitrogen and oxygen atoms in total. The molecule has 1 heterocycles. The van der Waals surface area contributed by atoms with Crippen molar-refractivity contribution in [1.82, 2.24) is 15.1 Å². The van der Waals surface area contributed by atoms with Crippen molar-refractivity contribution in [3.05, 3.63) is 18.0 Å². The van der Waals surface area contributed by atoms with Crippen LogP contribution in [0.3, 0.4) is 0 Å². The second-order valence-corrected chi connectivity index (χ2v) is 4.87. The van der Waals surface area contributed by atoms with E-state index in [0.717, 1.165) is 0 Å². The molecule has 1 aromatic rings. The molecule has 1 aliphatic carbocycles. The number of nitrogens with one attached hydrogen (secondary N) is 1. The largest absolute Gasteiger partial charge is 0.316 e. The molecule has 1 N–H and O–H groups in total. The molecular formula is C12H21N3. The number of hydrogen-bond donors (Lipinski definition) is 1. The van der Waals surface area contributed by atoms with E-state index in [-0.39, 0.29) is 0 Å². The number of rotatable bonds is 3. The van der Waals surface area contributed by atoms with Crippen LogP contribution in [-0.4, -0.2) is 22.9 Å². The van der Waals surface area contributed by atoms with Crippen molar-refractivity contribution in [2.24, 2.45) is 12.5 Å². The SMILES string of the molecule is CCC1(C)C(NC)CC1c1ccnn1C. The quantitative estimate of drug-likeness (QED) is 0.820. The van der Waals surface area contributed by atoms with Crippen molar-refractivity contribution >= 4 is 0 Å². The van der Waals surface area contributed by atoms with Crippen LogP contribution in [0.2, 0.25) is 0 Å². The number of nitrogens with zero attached hydrogens (tertiary/aromatic N) is 2. The predicted molar refractivity (Wildman–Crippen MR) is 61.8 cm³/mol. The molecule has 84 valence electrons. The summed E-state index contributed by atoms with van der Waals surface area (Å²) in [6.07, 6.45) is 4.35. The summed E-state index contributed by atoms with van der Waals surface area (Å²) in [6, 6.07) is 2.81. The van der Waals surface area contributed by atoms with E-state index in [9.17, 15) is 0 Å². The molecule has 0 aliphatic heterocycles. The third kappa shape index (κ3) is 1.41. The summed E-state index contributed by atoms with van der Waals surface area (Å²) in [4.78, 5) is 0. The minimum absolute atomic E-state index is 0.391. The molecule has 3 unspecified atom stereocenters. The summed E-state index contributed by atoms with van der Waals surface area (Å²) in [5, 5.41) is 7.69. The molecule has 15 heavy (non-hydrogen) atoms. The molecular weight excluding hydrogens is 186 g/mol. The van der Waals surface area contributed by atoms with Gasteiger partial charge in [0.05, 0.1) is 0 Å². The van der Waals surface area contributed by atoms with Crippen LogP contribution >= 0.6 is 0 Å². The highest BCUT2D eigenvalue weighted by Crippen LogP contribution is 2.54. The molecule has 0 saturated heterocycles. The maximum Gasteiger partial charge on any atom is 0.0492 e. The smallest absolute Gasteiger partial charge is 0.0492 e. The number of hydrogen-bond acceptors (Lipinski definition) is 2. The summed E-state index contributed by atoms with van der Waals surface area (Å²) in [5.74, 6) is 0.660. The summed E-state index contributed by atoms with van der Waals surface area (Å²) < 4.78 is 2.02. The maximum atomic E-state index is 4.27. The fraction of sp³-hybridized carbons (Fsp3) is 0.750. The molecule has 0 bridgehead atoms. The summed E-state index contributed by atoms with van der Waals surface area (Å²) in [6.45, 7) is 4.67. The second kappa shape index (κ2) is 3.63. The molecule has 1 aliphatic rings. The van der Waals surface area contributed by atoms with Gasteiger partial charge >= 0.3 is 0 Å². The lowest BCUT2D eigenvalue weighted by atomic mass is 9.55. The molecule has 0 aromatic carbocycles. The van der Waals surface area contributed by atoms with E-state index in [1.165, 1.54) is 18.5 Å². The van der Waals surface area contributed by atoms with Crippen LogP contribution < -0.4 is 5.32 Å². The Bertz CT molecular complexity index is 344. The first-order valence-electron chi connectivity index (χ1n) is 5.78. The topological polar surface area (TPSA) is 29.9 Å². The molecule has 3 heteroatoms. The standard InChI is InChI=1S/C12H21N3/c1-5-12(2)9(8-11(12)13-3)10-6-7-14-15(10)4/h6-7,9,11,13H,5,8H2,1-4H3. The zero-order valence-electron chi connectivity index (χ0n) is 10.1. The van der Waals surface area contributed by atoms with Gasteiger partial charge in [0.25, 0.3) is 0 Å². The molecule has 3 atom stereocenters. The lowest BCUT2D eigenvalue weighted by Crippen LogP contribution is -2.56. The van der Waals surface area contributed by atoms with Gasteiger partial charge in [-0.25, -0.2) is 0 Å². The molecule has 1 saturated carbocycles. The molecule has 1 fully saturated rings. The molecule has 0 spiro atoms. The molecule has 0 radical (unpaired) electrons. The second-order valence-electron chi connectivity index (χ2n) is 4.87. The van der Waals surface area contributed by atoms with E-state index in [4.69, 9.17) is 0 Å². The van der Waals surface area contributed by atoms with E-state index in [1.807, 2.05) is 17.9 Å². The third-order valence-corrected chi connectivity index (χ3v) is 4.39. The van der Waals surface area contributed by atoms with Gasteiger partial charge in [-0.1, -0.05) is 13.8 Å². The fourth-order valence-corrected chi connectivity index (χ4v) is 2.98. The van der Waals surface area contributed by atoms with Crippen LogP contribution in [0.25, 0.3) is 0 Å². The van der Waals surface area contributed by atoms with E-state index in [2.05, 4.69) is 37.4 Å². The maximum absolute atomic E-state index is 4.27. The zero-order chi connectivity index (χ0) is 11.1. The Hall–Kier alpha value is -0.830. The Morgan fingerprint density at radius 2 is 2.40 bits per heavy atom. The van der Waals surface area contributed by atoms with Gasteiger partial charge in [0.15, 0.2) is 0 Å². The summed E-state index contributed by atoms with van der Waals surface area (Å²) >= 11 is 0. The molecule has 1 aromatic heterocycles. The van der Waals surface area contributed by atoms with E-state index in [1.54, 1.807) is 0 Å². The van der Waals surface area contributed by atoms with Gasteiger partial charge in [0.2, 0.25) is 0 Å². The van der Waals surface area contributed by atoms with Crippen molar-refractivity contribution in [3.8, 4) is 0 Å². The first kappa shape index (κ1) is 10.7. The van der Waals surface area contributed by atoms with Gasteiger partial charge in [0.1, 0.15) is 0 Å². The normalized spacial score (nSPS) is 35.2. The summed E-state index contributed by atoms with van der Waals surface area (Å²) in [5.41, 5.74) is 1.77. The van der Waals surface area contributed by atoms with Crippen LogP contribution in [0.4, 0.5) is 0 Å². The first-order valence-corrected chi connectivity index (χ1v) is 5.78. The van der Waals surface area contributed by atoms with Gasteiger partial charge in [-0.2, -0.15) is 5.10 Å². The minimum atomic E-state index is 0.391. The zero-order valence-corrected chi connectivity index (χ0v) is 10.1. The van der Waals surface area contributed by atoms with Crippen LogP contribution in [0.15, 0.2) is 12.3 Å². The van der Waals surface area contributed by atoms with Crippen LogP contribution in [0, 0.1) is 5.41 Å². The fourth-order valence-electron chi connectivity index (χ4n) is 2.98. The minimum Gasteiger partial charge on any atom is -0.316 e. The predicted octanol–water partition coefficient (Wildman–Crippen LogP) is 1.91. The van der Waals surface area contributed by atoms with Crippen molar-refractivity contribution in [1.29, 1.82) is 0 Å². The monoisotopic (exact) mass is 207 g/mol. The molecule has 2 rings (SSSR count). The van der Waals surface area contributed by atoms with E-state index >= 15 is 0 Å². The average Bonchev–Trinajstić information content (AvgIpc) is 2.63. The Labute approximate surface area is 91.9 Å². The van der Waals surface area contributed by atoms with Crippen molar-refractivity contribution in [3.63, 3.8) is 0 Å². The number of aromatic nitrogens is 2. The highest BCUT2D eigenvalue weighted by Gasteiger charge is 2.50. The Kier molecular flexibility index (Phi) is 2.59. The van der Waals surface area contributed by atoms with Crippen molar-refractivity contribution in [2.45, 2.75) is 38.6 Å². The van der Waals surface area contributed by atoms with Crippen molar-refractivity contribution in [2.75, 3.05) is 7.05 Å². The van der Waals surface area contributed by atoms with Gasteiger partial charge in [-0.3, -0.25) is 4.68 Å². The molecule has 0 amide bonds. The van der Waals surface area contributed by atoms with Crippen LogP contribution in [0.5, 0.6) is 0 Å². The lowest BCUT2D eigenvalue weighted by Gasteiger charge is -2.54. The van der Waals surface area contributed by atoms with Gasteiger partial charge in [-0.05, 0) is 31.4 Å². The van der Waals surface area contributed by atoms with Crippen LogP contribution in [0.1, 0.15) is 38.3 Å². The van der Waals surface area contributed by atoms with Crippen LogP contribution in [-0.2, 0) is 7.05 Å².